The molecule has 2 aromatic carbocycles. The number of nitrogens with one attached hydrogen (secondary N) is 1. The predicted molar refractivity (Wildman–Crippen MR) is 99.2 cm³/mol. The Kier molecular flexibility index (Phi) is 5.76. The molecule has 1 saturated heterocycles. The van der Waals surface area contributed by atoms with E-state index in [-0.39, 0.29) is 0 Å². The van der Waals surface area contributed by atoms with Gasteiger partial charge in [-0.3, -0.25) is 0 Å². The molecule has 3 heteroatoms. The number of para-hydroxylation sites is 2. The first-order chi connectivity index (χ1) is 11.9. The van der Waals surface area contributed by atoms with Crippen LogP contribution in [0.5, 0.6) is 5.75 Å². The summed E-state index contributed by atoms with van der Waals surface area (Å²) in [6.45, 7) is 4.39. The Labute approximate surface area is 144 Å². The summed E-state index contributed by atoms with van der Waals surface area (Å²) in [6.07, 6.45) is 6.51. The molecule has 0 aromatic heterocycles. The first kappa shape index (κ1) is 16.4. The number of nitrogens with zero attached hydrogens (tertiary/aromatic N) is 1. The fraction of sp³-hybridized carbons (Fsp3) is 0.333. The second-order valence-electron chi connectivity index (χ2n) is 6.17. The topological polar surface area (TPSA) is 24.5 Å². The van der Waals surface area contributed by atoms with Crippen LogP contribution in [0.15, 0.2) is 54.6 Å². The fourth-order valence-corrected chi connectivity index (χ4v) is 3.19. The minimum Gasteiger partial charge on any atom is -0.481 e. The zero-order chi connectivity index (χ0) is 16.6. The maximum Gasteiger partial charge on any atom is 0.148 e. The number of rotatable bonds is 7. The minimum atomic E-state index is 0.311. The Hall–Kier alpha value is -2.44. The first-order valence-electron chi connectivity index (χ1n) is 8.51. The van der Waals surface area contributed by atoms with Crippen LogP contribution < -0.4 is 15.0 Å². The van der Waals surface area contributed by atoms with E-state index in [0.29, 0.717) is 12.5 Å². The smallest absolute Gasteiger partial charge is 0.148 e. The minimum absolute atomic E-state index is 0.311. The molecule has 0 saturated carbocycles. The molecule has 1 N–H and O–H groups in total. The molecule has 1 aliphatic heterocycles. The molecule has 1 fully saturated rings. The molecule has 1 atom stereocenters. The third kappa shape index (κ3) is 4.31. The Balaban J connectivity index is 1.47. The van der Waals surface area contributed by atoms with Crippen LogP contribution in [0.1, 0.15) is 12.0 Å². The van der Waals surface area contributed by atoms with Crippen molar-refractivity contribution in [3.05, 3.63) is 60.2 Å². The van der Waals surface area contributed by atoms with Gasteiger partial charge in [0.2, 0.25) is 0 Å². The average molecular weight is 320 g/mol. The molecular formula is C21H24N2O. The van der Waals surface area contributed by atoms with Gasteiger partial charge in [0.25, 0.3) is 0 Å². The highest BCUT2D eigenvalue weighted by Crippen LogP contribution is 2.23. The summed E-state index contributed by atoms with van der Waals surface area (Å²) < 4.78 is 5.60. The predicted octanol–water partition coefficient (Wildman–Crippen LogP) is 3.31. The van der Waals surface area contributed by atoms with E-state index in [9.17, 15) is 0 Å². The van der Waals surface area contributed by atoms with Crippen molar-refractivity contribution in [2.24, 2.45) is 5.92 Å². The van der Waals surface area contributed by atoms with Crippen LogP contribution in [0.3, 0.4) is 0 Å². The highest BCUT2D eigenvalue weighted by Gasteiger charge is 2.22. The molecule has 24 heavy (non-hydrogen) atoms. The van der Waals surface area contributed by atoms with Gasteiger partial charge >= 0.3 is 0 Å². The number of ether oxygens (including phenoxy) is 1. The average Bonchev–Trinajstić information content (AvgIpc) is 3.10. The van der Waals surface area contributed by atoms with Crippen LogP contribution in [0.25, 0.3) is 0 Å². The number of anilines is 1. The van der Waals surface area contributed by atoms with Crippen LogP contribution in [0, 0.1) is 18.3 Å². The Morgan fingerprint density at radius 2 is 1.92 bits per heavy atom. The Bertz CT molecular complexity index is 678. The molecule has 124 valence electrons. The van der Waals surface area contributed by atoms with Gasteiger partial charge in [-0.15, -0.1) is 6.42 Å². The maximum atomic E-state index is 5.60. The highest BCUT2D eigenvalue weighted by atomic mass is 16.5. The summed E-state index contributed by atoms with van der Waals surface area (Å²) in [6, 6.07) is 18.7. The molecule has 0 amide bonds. The van der Waals surface area contributed by atoms with Gasteiger partial charge in [-0.2, -0.15) is 0 Å². The van der Waals surface area contributed by atoms with Crippen molar-refractivity contribution >= 4 is 5.69 Å². The quantitative estimate of drug-likeness (QED) is 0.792. The lowest BCUT2D eigenvalue weighted by atomic mass is 10.1. The van der Waals surface area contributed by atoms with E-state index in [1.807, 2.05) is 18.2 Å². The van der Waals surface area contributed by atoms with Crippen LogP contribution in [-0.2, 0) is 6.54 Å². The maximum absolute atomic E-state index is 5.60. The van der Waals surface area contributed by atoms with Gasteiger partial charge in [-0.05, 0) is 30.5 Å². The number of benzene rings is 2. The summed E-state index contributed by atoms with van der Waals surface area (Å²) >= 11 is 0. The van der Waals surface area contributed by atoms with Crippen LogP contribution in [-0.4, -0.2) is 26.2 Å². The lowest BCUT2D eigenvalue weighted by Gasteiger charge is -2.19. The molecule has 2 aromatic rings. The second-order valence-corrected chi connectivity index (χ2v) is 6.17. The van der Waals surface area contributed by atoms with Crippen molar-refractivity contribution < 1.29 is 4.74 Å². The van der Waals surface area contributed by atoms with E-state index < -0.39 is 0 Å². The zero-order valence-corrected chi connectivity index (χ0v) is 13.9. The molecule has 3 nitrogen and oxygen atoms in total. The molecule has 3 rings (SSSR count). The third-order valence-electron chi connectivity index (χ3n) is 4.44. The van der Waals surface area contributed by atoms with Gasteiger partial charge in [-0.25, -0.2) is 0 Å². The normalized spacial score (nSPS) is 16.8. The molecule has 1 heterocycles. The van der Waals surface area contributed by atoms with Crippen molar-refractivity contribution in [3.8, 4) is 18.1 Å². The van der Waals surface area contributed by atoms with Gasteiger partial charge in [0.15, 0.2) is 0 Å². The Morgan fingerprint density at radius 1 is 1.12 bits per heavy atom. The van der Waals surface area contributed by atoms with Crippen molar-refractivity contribution in [1.29, 1.82) is 0 Å². The summed E-state index contributed by atoms with van der Waals surface area (Å²) in [5.74, 6) is 4.08. The van der Waals surface area contributed by atoms with E-state index in [1.54, 1.807) is 0 Å². The van der Waals surface area contributed by atoms with E-state index in [4.69, 9.17) is 11.2 Å². The SMILES string of the molecule is C#CCOc1ccccc1CNCC1CCN(c2ccccc2)C1. The Morgan fingerprint density at radius 3 is 2.75 bits per heavy atom. The molecule has 1 unspecified atom stereocenters. The second kappa shape index (κ2) is 8.42. The van der Waals surface area contributed by atoms with Crippen LogP contribution >= 0.6 is 0 Å². The number of terminal acetylenes is 1. The van der Waals surface area contributed by atoms with Gasteiger partial charge in [-0.1, -0.05) is 42.3 Å². The molecule has 0 aliphatic carbocycles. The van der Waals surface area contributed by atoms with Crippen molar-refractivity contribution in [2.75, 3.05) is 31.1 Å². The number of hydrogen-bond acceptors (Lipinski definition) is 3. The van der Waals surface area contributed by atoms with E-state index in [1.165, 1.54) is 12.1 Å². The summed E-state index contributed by atoms with van der Waals surface area (Å²) in [5.41, 5.74) is 2.48. The lowest BCUT2D eigenvalue weighted by Crippen LogP contribution is -2.26. The highest BCUT2D eigenvalue weighted by molar-refractivity contribution is 5.46. The molecule has 0 spiro atoms. The van der Waals surface area contributed by atoms with Crippen molar-refractivity contribution in [3.63, 3.8) is 0 Å². The van der Waals surface area contributed by atoms with Crippen LogP contribution in [0.4, 0.5) is 5.69 Å². The van der Waals surface area contributed by atoms with E-state index >= 15 is 0 Å². The van der Waals surface area contributed by atoms with Gasteiger partial charge in [0, 0.05) is 37.4 Å². The summed E-state index contributed by atoms with van der Waals surface area (Å²) in [7, 11) is 0. The summed E-state index contributed by atoms with van der Waals surface area (Å²) in [5, 5.41) is 3.57. The lowest BCUT2D eigenvalue weighted by molar-refractivity contribution is 0.364. The molecule has 0 radical (unpaired) electrons. The first-order valence-corrected chi connectivity index (χ1v) is 8.51. The largest absolute Gasteiger partial charge is 0.481 e. The summed E-state index contributed by atoms with van der Waals surface area (Å²) in [4.78, 5) is 2.47. The van der Waals surface area contributed by atoms with Gasteiger partial charge in [0.05, 0.1) is 0 Å². The zero-order valence-electron chi connectivity index (χ0n) is 13.9. The standard InChI is InChI=1S/C21H24N2O/c1-2-14-24-21-11-7-6-8-19(21)16-22-15-18-12-13-23(17-18)20-9-4-3-5-10-20/h1,3-11,18,22H,12-17H2. The molecule has 0 bridgehead atoms. The van der Waals surface area contributed by atoms with Gasteiger partial charge in [0.1, 0.15) is 12.4 Å². The van der Waals surface area contributed by atoms with Crippen LogP contribution in [0.2, 0.25) is 0 Å². The number of hydrogen-bond donors (Lipinski definition) is 1. The molecule has 1 aliphatic rings. The third-order valence-corrected chi connectivity index (χ3v) is 4.44. The fourth-order valence-electron chi connectivity index (χ4n) is 3.19. The monoisotopic (exact) mass is 320 g/mol. The van der Waals surface area contributed by atoms with Crippen molar-refractivity contribution in [2.45, 2.75) is 13.0 Å². The van der Waals surface area contributed by atoms with Crippen molar-refractivity contribution in [1.82, 2.24) is 5.32 Å². The molecular weight excluding hydrogens is 296 g/mol. The van der Waals surface area contributed by atoms with E-state index in [2.05, 4.69) is 52.5 Å². The van der Waals surface area contributed by atoms with Gasteiger partial charge < -0.3 is 15.0 Å². The van der Waals surface area contributed by atoms with E-state index in [0.717, 1.165) is 37.5 Å².